The minimum Gasteiger partial charge on any atom is -0.310 e. The van der Waals surface area contributed by atoms with Crippen LogP contribution in [-0.2, 0) is 6.54 Å². The van der Waals surface area contributed by atoms with Gasteiger partial charge in [0.15, 0.2) is 0 Å². The second-order valence-electron chi connectivity index (χ2n) is 3.32. The highest BCUT2D eigenvalue weighted by molar-refractivity contribution is 5.27. The van der Waals surface area contributed by atoms with Crippen LogP contribution in [0, 0.1) is 6.92 Å². The van der Waals surface area contributed by atoms with Crippen LogP contribution in [0.1, 0.15) is 18.4 Å². The van der Waals surface area contributed by atoms with Gasteiger partial charge >= 0.3 is 0 Å². The molecule has 0 fully saturated rings. The first-order valence-corrected chi connectivity index (χ1v) is 4.86. The van der Waals surface area contributed by atoms with E-state index in [1.165, 1.54) is 10.6 Å². The standard InChI is InChI=1S/C9H13N5O/c1-3-10-5-7-12-9-11-6(2)4-8(15)14(9)13-7/h4,10H,3,5H2,1-2H3,(H,11,12,13). The van der Waals surface area contributed by atoms with Crippen molar-refractivity contribution in [2.24, 2.45) is 0 Å². The van der Waals surface area contributed by atoms with Crippen molar-refractivity contribution in [3.8, 4) is 0 Å². The topological polar surface area (TPSA) is 75.1 Å². The summed E-state index contributed by atoms with van der Waals surface area (Å²) in [6, 6.07) is 1.47. The van der Waals surface area contributed by atoms with Gasteiger partial charge in [0.25, 0.3) is 11.3 Å². The molecule has 0 saturated carbocycles. The number of H-pyrrole nitrogens is 1. The first-order chi connectivity index (χ1) is 7.20. The van der Waals surface area contributed by atoms with Gasteiger partial charge in [0.2, 0.25) is 0 Å². The lowest BCUT2D eigenvalue weighted by molar-refractivity contribution is 0.686. The molecular weight excluding hydrogens is 194 g/mol. The van der Waals surface area contributed by atoms with E-state index < -0.39 is 0 Å². The number of nitrogens with one attached hydrogen (secondary N) is 2. The normalized spacial score (nSPS) is 11.1. The Bertz CT molecular complexity index is 527. The molecule has 2 N–H and O–H groups in total. The molecule has 2 aromatic rings. The fourth-order valence-corrected chi connectivity index (χ4v) is 1.36. The first-order valence-electron chi connectivity index (χ1n) is 4.86. The molecular formula is C9H13N5O. The summed E-state index contributed by atoms with van der Waals surface area (Å²) in [4.78, 5) is 19.9. The SMILES string of the molecule is CCNCc1nc2nc(C)cc(=O)n2[nH]1. The summed E-state index contributed by atoms with van der Waals surface area (Å²) in [5.74, 6) is 1.14. The summed E-state index contributed by atoms with van der Waals surface area (Å²) >= 11 is 0. The number of hydrogen-bond acceptors (Lipinski definition) is 4. The quantitative estimate of drug-likeness (QED) is 0.733. The highest BCUT2D eigenvalue weighted by atomic mass is 16.1. The third-order valence-corrected chi connectivity index (χ3v) is 2.05. The van der Waals surface area contributed by atoms with Crippen LogP contribution in [-0.4, -0.2) is 26.1 Å². The third-order valence-electron chi connectivity index (χ3n) is 2.05. The van der Waals surface area contributed by atoms with Gasteiger partial charge in [0.05, 0.1) is 6.54 Å². The Morgan fingerprint density at radius 1 is 1.53 bits per heavy atom. The van der Waals surface area contributed by atoms with E-state index in [2.05, 4.69) is 20.4 Å². The molecule has 0 amide bonds. The molecule has 0 aliphatic heterocycles. The van der Waals surface area contributed by atoms with Crippen LogP contribution in [0.5, 0.6) is 0 Å². The molecule has 0 bridgehead atoms. The minimum absolute atomic E-state index is 0.132. The van der Waals surface area contributed by atoms with E-state index in [4.69, 9.17) is 0 Å². The minimum atomic E-state index is -0.132. The van der Waals surface area contributed by atoms with Gasteiger partial charge in [-0.3, -0.25) is 9.89 Å². The smallest absolute Gasteiger partial charge is 0.274 e. The van der Waals surface area contributed by atoms with Gasteiger partial charge in [-0.25, -0.2) is 4.98 Å². The maximum atomic E-state index is 11.5. The summed E-state index contributed by atoms with van der Waals surface area (Å²) in [7, 11) is 0. The molecule has 80 valence electrons. The second kappa shape index (κ2) is 3.82. The van der Waals surface area contributed by atoms with E-state index in [1.54, 1.807) is 6.92 Å². The van der Waals surface area contributed by atoms with E-state index in [1.807, 2.05) is 6.92 Å². The van der Waals surface area contributed by atoms with Gasteiger partial charge in [-0.15, -0.1) is 0 Å². The van der Waals surface area contributed by atoms with Crippen molar-refractivity contribution in [3.05, 3.63) is 27.9 Å². The summed E-state index contributed by atoms with van der Waals surface area (Å²) in [6.45, 7) is 5.26. The Balaban J connectivity index is 2.46. The molecule has 0 unspecified atom stereocenters. The lowest BCUT2D eigenvalue weighted by Gasteiger charge is -1.94. The molecule has 2 heterocycles. The summed E-state index contributed by atoms with van der Waals surface area (Å²) in [6.07, 6.45) is 0. The van der Waals surface area contributed by atoms with Crippen LogP contribution in [0.25, 0.3) is 5.78 Å². The summed E-state index contributed by atoms with van der Waals surface area (Å²) in [5.41, 5.74) is 0.550. The molecule has 2 rings (SSSR count). The van der Waals surface area contributed by atoms with E-state index in [0.29, 0.717) is 23.8 Å². The van der Waals surface area contributed by atoms with Gasteiger partial charge in [-0.2, -0.15) is 9.50 Å². The largest absolute Gasteiger partial charge is 0.310 e. The predicted octanol–water partition coefficient (Wildman–Crippen LogP) is -0.164. The zero-order valence-electron chi connectivity index (χ0n) is 8.74. The molecule has 6 heteroatoms. The van der Waals surface area contributed by atoms with Crippen molar-refractivity contribution in [1.82, 2.24) is 24.9 Å². The Morgan fingerprint density at radius 3 is 3.07 bits per heavy atom. The summed E-state index contributed by atoms with van der Waals surface area (Å²) < 4.78 is 1.35. The Labute approximate surface area is 86.3 Å². The number of aromatic nitrogens is 4. The molecule has 6 nitrogen and oxygen atoms in total. The van der Waals surface area contributed by atoms with Crippen molar-refractivity contribution in [2.45, 2.75) is 20.4 Å². The van der Waals surface area contributed by atoms with Crippen molar-refractivity contribution in [2.75, 3.05) is 6.54 Å². The van der Waals surface area contributed by atoms with Crippen LogP contribution >= 0.6 is 0 Å². The van der Waals surface area contributed by atoms with Gasteiger partial charge in [0, 0.05) is 11.8 Å². The van der Waals surface area contributed by atoms with Gasteiger partial charge in [0.1, 0.15) is 5.82 Å². The fourth-order valence-electron chi connectivity index (χ4n) is 1.36. The van der Waals surface area contributed by atoms with Gasteiger partial charge < -0.3 is 5.32 Å². The molecule has 0 aliphatic rings. The highest BCUT2D eigenvalue weighted by Gasteiger charge is 2.05. The van der Waals surface area contributed by atoms with Gasteiger partial charge in [-0.1, -0.05) is 6.92 Å². The van der Waals surface area contributed by atoms with E-state index >= 15 is 0 Å². The van der Waals surface area contributed by atoms with E-state index in [-0.39, 0.29) is 5.56 Å². The molecule has 0 atom stereocenters. The second-order valence-corrected chi connectivity index (χ2v) is 3.32. The van der Waals surface area contributed by atoms with Crippen LogP contribution in [0.3, 0.4) is 0 Å². The van der Waals surface area contributed by atoms with E-state index in [0.717, 1.165) is 6.54 Å². The van der Waals surface area contributed by atoms with Crippen molar-refractivity contribution in [3.63, 3.8) is 0 Å². The lowest BCUT2D eigenvalue weighted by atomic mass is 10.5. The third kappa shape index (κ3) is 1.89. The molecule has 0 spiro atoms. The number of nitrogens with zero attached hydrogens (tertiary/aromatic N) is 3. The molecule has 0 aliphatic carbocycles. The first kappa shape index (κ1) is 9.85. The Kier molecular flexibility index (Phi) is 2.51. The number of rotatable bonds is 3. The van der Waals surface area contributed by atoms with Crippen LogP contribution in [0.2, 0.25) is 0 Å². The number of aryl methyl sites for hydroxylation is 1. The number of aromatic amines is 1. The maximum absolute atomic E-state index is 11.5. The zero-order valence-corrected chi connectivity index (χ0v) is 8.74. The summed E-state index contributed by atoms with van der Waals surface area (Å²) in [5, 5.41) is 6.02. The predicted molar refractivity (Wildman–Crippen MR) is 55.7 cm³/mol. The number of hydrogen-bond donors (Lipinski definition) is 2. The number of fused-ring (bicyclic) bond motifs is 1. The average molecular weight is 207 g/mol. The monoisotopic (exact) mass is 207 g/mol. The molecule has 2 aromatic heterocycles. The van der Waals surface area contributed by atoms with Crippen LogP contribution in [0.15, 0.2) is 10.9 Å². The van der Waals surface area contributed by atoms with Crippen molar-refractivity contribution in [1.29, 1.82) is 0 Å². The molecule has 0 aromatic carbocycles. The zero-order chi connectivity index (χ0) is 10.8. The molecule has 0 saturated heterocycles. The van der Waals surface area contributed by atoms with Gasteiger partial charge in [-0.05, 0) is 13.5 Å². The highest BCUT2D eigenvalue weighted by Crippen LogP contribution is 1.96. The lowest BCUT2D eigenvalue weighted by Crippen LogP contribution is -2.16. The fraction of sp³-hybridized carbons (Fsp3) is 0.444. The Morgan fingerprint density at radius 2 is 2.33 bits per heavy atom. The van der Waals surface area contributed by atoms with Crippen LogP contribution < -0.4 is 10.9 Å². The molecule has 15 heavy (non-hydrogen) atoms. The molecule has 0 radical (unpaired) electrons. The van der Waals surface area contributed by atoms with Crippen molar-refractivity contribution >= 4 is 5.78 Å². The van der Waals surface area contributed by atoms with Crippen molar-refractivity contribution < 1.29 is 0 Å². The van der Waals surface area contributed by atoms with E-state index in [9.17, 15) is 4.79 Å². The average Bonchev–Trinajstić information content (AvgIpc) is 2.57. The maximum Gasteiger partial charge on any atom is 0.274 e. The van der Waals surface area contributed by atoms with Crippen LogP contribution in [0.4, 0.5) is 0 Å². The Hall–Kier alpha value is -1.69.